The number of aryl methyl sites for hydroxylation is 1. The first kappa shape index (κ1) is 20.5. The number of rotatable bonds is 8. The summed E-state index contributed by atoms with van der Waals surface area (Å²) < 4.78 is 0. The highest BCUT2D eigenvalue weighted by molar-refractivity contribution is 5.94. The quantitative estimate of drug-likeness (QED) is 0.470. The lowest BCUT2D eigenvalue weighted by atomic mass is 10.1. The Hall–Kier alpha value is -3.19. The lowest BCUT2D eigenvalue weighted by molar-refractivity contribution is 0.0912. The number of nitrogens with zero attached hydrogens (tertiary/aromatic N) is 2. The Labute approximate surface area is 170 Å². The van der Waals surface area contributed by atoms with E-state index < -0.39 is 6.04 Å². The first-order valence-electron chi connectivity index (χ1n) is 9.71. The van der Waals surface area contributed by atoms with E-state index in [1.165, 1.54) is 0 Å². The molecule has 0 aliphatic heterocycles. The second-order valence-electron chi connectivity index (χ2n) is 7.42. The molecule has 0 fully saturated rings. The van der Waals surface area contributed by atoms with Crippen molar-refractivity contribution in [3.63, 3.8) is 0 Å². The molecule has 0 spiro atoms. The van der Waals surface area contributed by atoms with E-state index in [1.54, 1.807) is 18.5 Å². The second-order valence-corrected chi connectivity index (χ2v) is 7.42. The number of hydrogen-bond acceptors (Lipinski definition) is 5. The third-order valence-electron chi connectivity index (χ3n) is 4.53. The molecule has 0 bridgehead atoms. The summed E-state index contributed by atoms with van der Waals surface area (Å²) in [6.07, 6.45) is 3.53. The van der Waals surface area contributed by atoms with Gasteiger partial charge in [-0.1, -0.05) is 44.2 Å². The molecule has 3 rings (SSSR count). The fourth-order valence-corrected chi connectivity index (χ4v) is 2.93. The molecular formula is C22H27N5O2. The Kier molecular flexibility index (Phi) is 6.61. The normalized spacial score (nSPS) is 12.0. The minimum absolute atomic E-state index is 0.181. The topological polar surface area (TPSA) is 103 Å². The molecule has 0 saturated carbocycles. The Bertz CT molecular complexity index is 953. The molecule has 152 valence electrons. The molecule has 7 nitrogen and oxygen atoms in total. The van der Waals surface area contributed by atoms with Gasteiger partial charge in [-0.05, 0) is 30.0 Å². The number of aromatic amines is 1. The maximum atomic E-state index is 12.7. The zero-order valence-corrected chi connectivity index (χ0v) is 16.9. The lowest BCUT2D eigenvalue weighted by Crippen LogP contribution is -2.30. The summed E-state index contributed by atoms with van der Waals surface area (Å²) in [5.41, 5.74) is 3.75. The number of nitrogens with one attached hydrogen (secondary N) is 3. The fraction of sp³-hybridized carbons (Fsp3) is 0.318. The highest BCUT2D eigenvalue weighted by Crippen LogP contribution is 2.23. The van der Waals surface area contributed by atoms with Crippen molar-refractivity contribution >= 4 is 11.9 Å². The van der Waals surface area contributed by atoms with Crippen LogP contribution in [0.2, 0.25) is 0 Å². The van der Waals surface area contributed by atoms with E-state index >= 15 is 0 Å². The molecule has 4 N–H and O–H groups in total. The molecule has 0 aliphatic carbocycles. The molecule has 2 aromatic heterocycles. The molecule has 1 unspecified atom stereocenters. The zero-order chi connectivity index (χ0) is 20.8. The first-order valence-corrected chi connectivity index (χ1v) is 9.71. The molecule has 0 saturated heterocycles. The van der Waals surface area contributed by atoms with Gasteiger partial charge in [0.25, 0.3) is 5.91 Å². The minimum Gasteiger partial charge on any atom is -0.394 e. The molecule has 7 heteroatoms. The van der Waals surface area contributed by atoms with Crippen LogP contribution >= 0.6 is 0 Å². The predicted octanol–water partition coefficient (Wildman–Crippen LogP) is 3.31. The number of H-pyrrole nitrogens is 1. The van der Waals surface area contributed by atoms with Crippen LogP contribution in [0.1, 0.15) is 41.5 Å². The second kappa shape index (κ2) is 9.34. The molecule has 1 amide bonds. The van der Waals surface area contributed by atoms with Gasteiger partial charge in [-0.25, -0.2) is 9.97 Å². The van der Waals surface area contributed by atoms with E-state index in [-0.39, 0.29) is 12.5 Å². The third-order valence-corrected chi connectivity index (χ3v) is 4.53. The van der Waals surface area contributed by atoms with Crippen LogP contribution in [0, 0.1) is 12.8 Å². The van der Waals surface area contributed by atoms with Crippen LogP contribution in [0.25, 0.3) is 11.3 Å². The number of amides is 1. The fourth-order valence-electron chi connectivity index (χ4n) is 2.93. The van der Waals surface area contributed by atoms with Crippen LogP contribution in [0.4, 0.5) is 5.95 Å². The zero-order valence-electron chi connectivity index (χ0n) is 16.9. The van der Waals surface area contributed by atoms with Crippen molar-refractivity contribution in [2.45, 2.75) is 26.8 Å². The van der Waals surface area contributed by atoms with Crippen LogP contribution in [0.5, 0.6) is 0 Å². The van der Waals surface area contributed by atoms with Crippen molar-refractivity contribution in [2.24, 2.45) is 5.92 Å². The van der Waals surface area contributed by atoms with Gasteiger partial charge in [0, 0.05) is 24.5 Å². The summed E-state index contributed by atoms with van der Waals surface area (Å²) in [7, 11) is 0. The number of hydrogen-bond donors (Lipinski definition) is 4. The molecular weight excluding hydrogens is 366 g/mol. The Morgan fingerprint density at radius 1 is 1.24 bits per heavy atom. The van der Waals surface area contributed by atoms with Gasteiger partial charge in [0.2, 0.25) is 5.95 Å². The Morgan fingerprint density at radius 2 is 2.00 bits per heavy atom. The highest BCUT2D eigenvalue weighted by atomic mass is 16.3. The van der Waals surface area contributed by atoms with Crippen LogP contribution in [-0.4, -0.2) is 39.1 Å². The number of aliphatic hydroxyl groups is 1. The summed E-state index contributed by atoms with van der Waals surface area (Å²) in [4.78, 5) is 24.6. The first-order chi connectivity index (χ1) is 14.0. The largest absolute Gasteiger partial charge is 0.394 e. The average Bonchev–Trinajstić information content (AvgIpc) is 3.22. The van der Waals surface area contributed by atoms with Gasteiger partial charge in [0.05, 0.1) is 18.3 Å². The number of aromatic nitrogens is 3. The van der Waals surface area contributed by atoms with E-state index in [0.29, 0.717) is 17.6 Å². The SMILES string of the molecule is Cc1cnc(NCC(C)C)nc1-c1c[nH]c(C(=O)NC(CO)c2ccccc2)c1. The van der Waals surface area contributed by atoms with Gasteiger partial charge in [-0.2, -0.15) is 0 Å². The molecule has 3 aromatic rings. The molecule has 29 heavy (non-hydrogen) atoms. The average molecular weight is 393 g/mol. The predicted molar refractivity (Wildman–Crippen MR) is 114 cm³/mol. The van der Waals surface area contributed by atoms with Crippen molar-refractivity contribution in [1.82, 2.24) is 20.3 Å². The third kappa shape index (κ3) is 5.20. The highest BCUT2D eigenvalue weighted by Gasteiger charge is 2.17. The van der Waals surface area contributed by atoms with Crippen molar-refractivity contribution in [3.8, 4) is 11.3 Å². The van der Waals surface area contributed by atoms with Gasteiger partial charge >= 0.3 is 0 Å². The maximum absolute atomic E-state index is 12.7. The van der Waals surface area contributed by atoms with Gasteiger partial charge in [0.15, 0.2) is 0 Å². The molecule has 1 atom stereocenters. The number of benzene rings is 1. The molecule has 2 heterocycles. The molecule has 1 aromatic carbocycles. The summed E-state index contributed by atoms with van der Waals surface area (Å²) in [6.45, 7) is 6.78. The van der Waals surface area contributed by atoms with E-state index in [1.807, 2.05) is 37.3 Å². The van der Waals surface area contributed by atoms with Gasteiger partial charge in [0.1, 0.15) is 5.69 Å². The van der Waals surface area contributed by atoms with E-state index in [2.05, 4.69) is 39.4 Å². The van der Waals surface area contributed by atoms with Crippen LogP contribution in [0.3, 0.4) is 0 Å². The standard InChI is InChI=1S/C22H27N5O2/c1-14(2)10-24-22-25-11-15(3)20(27-22)17-9-18(23-12-17)21(29)26-19(13-28)16-7-5-4-6-8-16/h4-9,11-12,14,19,23,28H,10,13H2,1-3H3,(H,26,29)(H,24,25,27). The Balaban J connectivity index is 1.76. The maximum Gasteiger partial charge on any atom is 0.268 e. The number of aliphatic hydroxyl groups excluding tert-OH is 1. The van der Waals surface area contributed by atoms with Crippen LogP contribution < -0.4 is 10.6 Å². The summed E-state index contributed by atoms with van der Waals surface area (Å²) in [5.74, 6) is 0.759. The minimum atomic E-state index is -0.469. The summed E-state index contributed by atoms with van der Waals surface area (Å²) in [5, 5.41) is 15.7. The van der Waals surface area contributed by atoms with E-state index in [0.717, 1.165) is 28.9 Å². The smallest absolute Gasteiger partial charge is 0.268 e. The molecule has 0 radical (unpaired) electrons. The van der Waals surface area contributed by atoms with Gasteiger partial charge < -0.3 is 20.7 Å². The van der Waals surface area contributed by atoms with Crippen LogP contribution in [-0.2, 0) is 0 Å². The number of carbonyl (C=O) groups excluding carboxylic acids is 1. The van der Waals surface area contributed by atoms with Gasteiger partial charge in [-0.15, -0.1) is 0 Å². The van der Waals surface area contributed by atoms with Crippen molar-refractivity contribution in [3.05, 3.63) is 65.6 Å². The van der Waals surface area contributed by atoms with Crippen molar-refractivity contribution < 1.29 is 9.90 Å². The van der Waals surface area contributed by atoms with E-state index in [4.69, 9.17) is 0 Å². The molecule has 0 aliphatic rings. The monoisotopic (exact) mass is 393 g/mol. The van der Waals surface area contributed by atoms with Crippen molar-refractivity contribution in [2.75, 3.05) is 18.5 Å². The van der Waals surface area contributed by atoms with Crippen molar-refractivity contribution in [1.29, 1.82) is 0 Å². The Morgan fingerprint density at radius 3 is 2.69 bits per heavy atom. The summed E-state index contributed by atoms with van der Waals surface area (Å²) in [6, 6.07) is 10.7. The van der Waals surface area contributed by atoms with E-state index in [9.17, 15) is 9.90 Å². The summed E-state index contributed by atoms with van der Waals surface area (Å²) >= 11 is 0. The van der Waals surface area contributed by atoms with Gasteiger partial charge in [-0.3, -0.25) is 4.79 Å². The number of anilines is 1. The number of carbonyl (C=O) groups is 1. The lowest BCUT2D eigenvalue weighted by Gasteiger charge is -2.16. The van der Waals surface area contributed by atoms with Crippen LogP contribution in [0.15, 0.2) is 48.8 Å².